The van der Waals surface area contributed by atoms with Crippen molar-refractivity contribution in [1.82, 2.24) is 14.9 Å². The Balaban J connectivity index is 1.97. The highest BCUT2D eigenvalue weighted by atomic mass is 35.5. The molecule has 9 heteroatoms. The van der Waals surface area contributed by atoms with E-state index in [4.69, 9.17) is 11.6 Å². The molecule has 5 nitrogen and oxygen atoms in total. The summed E-state index contributed by atoms with van der Waals surface area (Å²) in [4.78, 5) is 28.4. The fourth-order valence-corrected chi connectivity index (χ4v) is 3.17. The molecule has 0 aliphatic rings. The zero-order valence-corrected chi connectivity index (χ0v) is 16.3. The Labute approximate surface area is 169 Å². The van der Waals surface area contributed by atoms with Crippen molar-refractivity contribution in [2.75, 3.05) is 0 Å². The summed E-state index contributed by atoms with van der Waals surface area (Å²) in [6.45, 7) is 3.16. The first-order valence-electron chi connectivity index (χ1n) is 8.70. The average molecular weight is 424 g/mol. The number of carbonyl (C=O) groups excluding carboxylic acids is 1. The predicted octanol–water partition coefficient (Wildman–Crippen LogP) is 4.20. The van der Waals surface area contributed by atoms with Gasteiger partial charge < -0.3 is 9.88 Å². The average Bonchev–Trinajstić information content (AvgIpc) is 2.63. The van der Waals surface area contributed by atoms with E-state index in [1.54, 1.807) is 26.0 Å². The number of rotatable bonds is 4. The van der Waals surface area contributed by atoms with E-state index >= 15 is 0 Å². The summed E-state index contributed by atoms with van der Waals surface area (Å²) in [5.74, 6) is -0.489. The third kappa shape index (κ3) is 4.59. The van der Waals surface area contributed by atoms with Crippen LogP contribution in [0.2, 0.25) is 5.15 Å². The largest absolute Gasteiger partial charge is 0.431 e. The summed E-state index contributed by atoms with van der Waals surface area (Å²) in [5.41, 5.74) is -0.607. The summed E-state index contributed by atoms with van der Waals surface area (Å²) in [6, 6.07) is 7.53. The van der Waals surface area contributed by atoms with E-state index < -0.39 is 29.2 Å². The lowest BCUT2D eigenvalue weighted by atomic mass is 10.1. The van der Waals surface area contributed by atoms with Crippen LogP contribution in [0.15, 0.2) is 47.4 Å². The third-order valence-electron chi connectivity index (χ3n) is 4.38. The van der Waals surface area contributed by atoms with Gasteiger partial charge in [-0.1, -0.05) is 23.2 Å². The van der Waals surface area contributed by atoms with E-state index in [-0.39, 0.29) is 28.2 Å². The van der Waals surface area contributed by atoms with Gasteiger partial charge in [0, 0.05) is 30.2 Å². The standard InChI is InChI=1S/C20H17ClF3N3O2/c1-11-3-5-15-14(7-11)16(28)8-17(20(22,23)24)27(15)10-12(2)26-19(29)13-4-6-18(21)25-9-13/h3-9,12H,10H2,1-2H3,(H,26,29)/t12-/m1/s1. The highest BCUT2D eigenvalue weighted by Gasteiger charge is 2.35. The number of halogens is 4. The molecule has 2 heterocycles. The summed E-state index contributed by atoms with van der Waals surface area (Å²) >= 11 is 5.69. The molecule has 0 aliphatic carbocycles. The molecular weight excluding hydrogens is 407 g/mol. The van der Waals surface area contributed by atoms with Crippen LogP contribution in [0.1, 0.15) is 28.5 Å². The van der Waals surface area contributed by atoms with Gasteiger partial charge in [-0.15, -0.1) is 0 Å². The molecule has 0 unspecified atom stereocenters. The molecule has 3 aromatic rings. The second-order valence-corrected chi connectivity index (χ2v) is 7.15. The number of carbonyl (C=O) groups is 1. The van der Waals surface area contributed by atoms with Gasteiger partial charge in [0.15, 0.2) is 5.43 Å². The number of aryl methyl sites for hydroxylation is 1. The molecule has 0 aliphatic heterocycles. The van der Waals surface area contributed by atoms with Gasteiger partial charge in [-0.05, 0) is 38.1 Å². The van der Waals surface area contributed by atoms with Gasteiger partial charge in [0.25, 0.3) is 5.91 Å². The van der Waals surface area contributed by atoms with Gasteiger partial charge in [0.1, 0.15) is 10.8 Å². The maximum Gasteiger partial charge on any atom is 0.431 e. The molecule has 0 fully saturated rings. The highest BCUT2D eigenvalue weighted by molar-refractivity contribution is 6.29. The van der Waals surface area contributed by atoms with Gasteiger partial charge in [0.2, 0.25) is 0 Å². The van der Waals surface area contributed by atoms with Crippen molar-refractivity contribution >= 4 is 28.4 Å². The minimum Gasteiger partial charge on any atom is -0.348 e. The van der Waals surface area contributed by atoms with E-state index in [1.807, 2.05) is 0 Å². The number of nitrogens with zero attached hydrogens (tertiary/aromatic N) is 2. The normalized spacial score (nSPS) is 12.8. The van der Waals surface area contributed by atoms with Gasteiger partial charge in [-0.25, -0.2) is 4.98 Å². The van der Waals surface area contributed by atoms with Crippen LogP contribution in [0.4, 0.5) is 13.2 Å². The molecule has 29 heavy (non-hydrogen) atoms. The minimum atomic E-state index is -4.72. The van der Waals surface area contributed by atoms with Gasteiger partial charge >= 0.3 is 6.18 Å². The van der Waals surface area contributed by atoms with Crippen molar-refractivity contribution in [1.29, 1.82) is 0 Å². The number of fused-ring (bicyclic) bond motifs is 1. The van der Waals surface area contributed by atoms with Crippen LogP contribution in [0.25, 0.3) is 10.9 Å². The fourth-order valence-electron chi connectivity index (χ4n) is 3.06. The summed E-state index contributed by atoms with van der Waals surface area (Å²) in [7, 11) is 0. The molecule has 1 aromatic carbocycles. The quantitative estimate of drug-likeness (QED) is 0.640. The fraction of sp³-hybridized carbons (Fsp3) is 0.250. The molecule has 0 saturated heterocycles. The van der Waals surface area contributed by atoms with E-state index in [0.717, 1.165) is 10.1 Å². The number of alkyl halides is 3. The number of hydrogen-bond donors (Lipinski definition) is 1. The molecule has 0 radical (unpaired) electrons. The van der Waals surface area contributed by atoms with Crippen molar-refractivity contribution in [2.45, 2.75) is 32.6 Å². The summed E-state index contributed by atoms with van der Waals surface area (Å²) in [6.07, 6.45) is -3.44. The van der Waals surface area contributed by atoms with Crippen LogP contribution in [-0.4, -0.2) is 21.5 Å². The van der Waals surface area contributed by atoms with Crippen LogP contribution >= 0.6 is 11.6 Å². The molecule has 1 atom stereocenters. The topological polar surface area (TPSA) is 64.0 Å². The number of amides is 1. The Hall–Kier alpha value is -2.87. The predicted molar refractivity (Wildman–Crippen MR) is 104 cm³/mol. The molecule has 0 bridgehead atoms. The number of hydrogen-bond acceptors (Lipinski definition) is 3. The second-order valence-electron chi connectivity index (χ2n) is 6.77. The molecule has 1 N–H and O–H groups in total. The van der Waals surface area contributed by atoms with Crippen LogP contribution in [0.3, 0.4) is 0 Å². The van der Waals surface area contributed by atoms with E-state index in [0.29, 0.717) is 6.07 Å². The lowest BCUT2D eigenvalue weighted by Gasteiger charge is -2.22. The monoisotopic (exact) mass is 423 g/mol. The van der Waals surface area contributed by atoms with Crippen LogP contribution in [0.5, 0.6) is 0 Å². The van der Waals surface area contributed by atoms with E-state index in [9.17, 15) is 22.8 Å². The number of benzene rings is 1. The maximum atomic E-state index is 13.6. The van der Waals surface area contributed by atoms with Crippen molar-refractivity contribution in [2.24, 2.45) is 0 Å². The minimum absolute atomic E-state index is 0.157. The van der Waals surface area contributed by atoms with Gasteiger partial charge in [-0.3, -0.25) is 9.59 Å². The smallest absolute Gasteiger partial charge is 0.348 e. The second kappa shape index (κ2) is 7.87. The SMILES string of the molecule is Cc1ccc2c(c1)c(=O)cc(C(F)(F)F)n2C[C@@H](C)NC(=O)c1ccc(Cl)nc1. The first-order valence-corrected chi connectivity index (χ1v) is 9.08. The molecule has 0 saturated carbocycles. The van der Waals surface area contributed by atoms with Gasteiger partial charge in [-0.2, -0.15) is 13.2 Å². The molecule has 2 aromatic heterocycles. The number of nitrogens with one attached hydrogen (secondary N) is 1. The Kier molecular flexibility index (Phi) is 5.66. The molecule has 0 spiro atoms. The van der Waals surface area contributed by atoms with Crippen molar-refractivity contribution in [3.05, 3.63) is 74.8 Å². The van der Waals surface area contributed by atoms with Crippen LogP contribution in [-0.2, 0) is 12.7 Å². The van der Waals surface area contributed by atoms with Crippen molar-refractivity contribution in [3.63, 3.8) is 0 Å². The number of aromatic nitrogens is 2. The maximum absolute atomic E-state index is 13.6. The van der Waals surface area contributed by atoms with Gasteiger partial charge in [0.05, 0.1) is 11.1 Å². The third-order valence-corrected chi connectivity index (χ3v) is 4.60. The molecular formula is C20H17ClF3N3O2. The Morgan fingerprint density at radius 2 is 1.97 bits per heavy atom. The zero-order valence-electron chi connectivity index (χ0n) is 15.5. The lowest BCUT2D eigenvalue weighted by molar-refractivity contribution is -0.143. The van der Waals surface area contributed by atoms with Crippen molar-refractivity contribution in [3.8, 4) is 0 Å². The molecule has 152 valence electrons. The first kappa shape index (κ1) is 20.9. The lowest BCUT2D eigenvalue weighted by Crippen LogP contribution is -2.37. The zero-order chi connectivity index (χ0) is 21.3. The summed E-state index contributed by atoms with van der Waals surface area (Å²) < 4.78 is 41.8. The number of pyridine rings is 2. The summed E-state index contributed by atoms with van der Waals surface area (Å²) in [5, 5.41) is 3.06. The van der Waals surface area contributed by atoms with Crippen LogP contribution in [0, 0.1) is 6.92 Å². The first-order chi connectivity index (χ1) is 13.6. The Morgan fingerprint density at radius 1 is 1.24 bits per heavy atom. The Morgan fingerprint density at radius 3 is 2.59 bits per heavy atom. The van der Waals surface area contributed by atoms with E-state index in [1.165, 1.54) is 24.4 Å². The van der Waals surface area contributed by atoms with Crippen molar-refractivity contribution < 1.29 is 18.0 Å². The van der Waals surface area contributed by atoms with Crippen LogP contribution < -0.4 is 10.7 Å². The Bertz CT molecular complexity index is 1120. The molecule has 3 rings (SSSR count). The molecule has 1 amide bonds. The van der Waals surface area contributed by atoms with E-state index in [2.05, 4.69) is 10.3 Å². The highest BCUT2D eigenvalue weighted by Crippen LogP contribution is 2.31.